The van der Waals surface area contributed by atoms with E-state index >= 15 is 0 Å². The van der Waals surface area contributed by atoms with Crippen molar-refractivity contribution in [2.45, 2.75) is 31.2 Å². The Morgan fingerprint density at radius 2 is 1.88 bits per heavy atom. The number of carbonyl (C=O) groups excluding carboxylic acids is 1. The molecule has 4 rings (SSSR count). The molecule has 2 N–H and O–H groups in total. The average molecular weight is 458 g/mol. The van der Waals surface area contributed by atoms with Gasteiger partial charge in [-0.25, -0.2) is 4.39 Å². The summed E-state index contributed by atoms with van der Waals surface area (Å²) in [4.78, 5) is 15.1. The van der Waals surface area contributed by atoms with Crippen molar-refractivity contribution in [1.82, 2.24) is 15.8 Å². The molecule has 0 aromatic heterocycles. The Morgan fingerprint density at radius 1 is 1.12 bits per heavy atom. The number of nitrogens with one attached hydrogen (secondary N) is 2. The fraction of sp³-hybridized carbons (Fsp3) is 0.480. The van der Waals surface area contributed by atoms with Crippen molar-refractivity contribution in [3.8, 4) is 17.2 Å². The van der Waals surface area contributed by atoms with Gasteiger partial charge in [0.05, 0.1) is 27.8 Å². The maximum Gasteiger partial charge on any atom is 0.227 e. The first-order valence-corrected chi connectivity index (χ1v) is 11.3. The van der Waals surface area contributed by atoms with E-state index in [0.29, 0.717) is 23.8 Å². The number of amides is 1. The topological polar surface area (TPSA) is 72.1 Å². The smallest absolute Gasteiger partial charge is 0.227 e. The van der Waals surface area contributed by atoms with Crippen LogP contribution in [0.1, 0.15) is 29.9 Å². The van der Waals surface area contributed by atoms with E-state index in [2.05, 4.69) is 10.9 Å². The summed E-state index contributed by atoms with van der Waals surface area (Å²) in [6.45, 7) is 2.16. The highest BCUT2D eigenvalue weighted by Crippen LogP contribution is 2.38. The predicted octanol–water partition coefficient (Wildman–Crippen LogP) is 2.89. The van der Waals surface area contributed by atoms with Crippen LogP contribution in [-0.4, -0.2) is 57.8 Å². The lowest BCUT2D eigenvalue weighted by molar-refractivity contribution is -0.132. The van der Waals surface area contributed by atoms with Crippen LogP contribution in [0.3, 0.4) is 0 Å². The van der Waals surface area contributed by atoms with Gasteiger partial charge in [-0.05, 0) is 54.2 Å². The summed E-state index contributed by atoms with van der Waals surface area (Å²) in [5.41, 5.74) is 8.43. The van der Waals surface area contributed by atoms with Crippen molar-refractivity contribution in [2.75, 3.05) is 41.0 Å². The number of nitrogens with zero attached hydrogens (tertiary/aromatic N) is 1. The fourth-order valence-corrected chi connectivity index (χ4v) is 5.08. The average Bonchev–Trinajstić information content (AvgIpc) is 3.33. The zero-order valence-electron chi connectivity index (χ0n) is 19.4. The van der Waals surface area contributed by atoms with Crippen LogP contribution in [0.15, 0.2) is 36.4 Å². The Kier molecular flexibility index (Phi) is 7.35. The number of halogens is 1. The molecule has 2 aromatic carbocycles. The Bertz CT molecular complexity index is 961. The van der Waals surface area contributed by atoms with Crippen LogP contribution in [-0.2, 0) is 11.2 Å². The normalized spacial score (nSPS) is 22.8. The molecule has 2 aliphatic rings. The summed E-state index contributed by atoms with van der Waals surface area (Å²) in [7, 11) is 4.69. The fourth-order valence-electron chi connectivity index (χ4n) is 5.08. The van der Waals surface area contributed by atoms with Gasteiger partial charge in [-0.2, -0.15) is 0 Å². The molecular weight excluding hydrogens is 425 g/mol. The van der Waals surface area contributed by atoms with Gasteiger partial charge in [0.2, 0.25) is 11.7 Å². The first-order valence-electron chi connectivity index (χ1n) is 11.3. The lowest BCUT2D eigenvalue weighted by atomic mass is 9.81. The molecular formula is C25H32FN3O4. The lowest BCUT2D eigenvalue weighted by Gasteiger charge is -2.37. The van der Waals surface area contributed by atoms with Gasteiger partial charge in [0.1, 0.15) is 5.82 Å². The Labute approximate surface area is 194 Å². The van der Waals surface area contributed by atoms with Crippen LogP contribution < -0.4 is 25.1 Å². The Balaban J connectivity index is 1.46. The molecule has 178 valence electrons. The molecule has 2 saturated heterocycles. The molecule has 2 heterocycles. The zero-order chi connectivity index (χ0) is 23.4. The molecule has 3 unspecified atom stereocenters. The van der Waals surface area contributed by atoms with E-state index in [4.69, 9.17) is 14.2 Å². The molecule has 0 saturated carbocycles. The molecule has 3 atom stereocenters. The largest absolute Gasteiger partial charge is 0.493 e. The predicted molar refractivity (Wildman–Crippen MR) is 123 cm³/mol. The second-order valence-electron chi connectivity index (χ2n) is 8.66. The highest BCUT2D eigenvalue weighted by atomic mass is 19.1. The van der Waals surface area contributed by atoms with Crippen LogP contribution in [0.25, 0.3) is 0 Å². The van der Waals surface area contributed by atoms with Gasteiger partial charge in [-0.15, -0.1) is 0 Å². The summed E-state index contributed by atoms with van der Waals surface area (Å²) in [5.74, 6) is 1.89. The SMILES string of the molecule is COc1cc(CC(=O)N2CCCC(C3NNCC3c3cccc(F)c3)C2)cc(OC)c1OC. The number of ether oxygens (including phenoxy) is 3. The van der Waals surface area contributed by atoms with Crippen LogP contribution >= 0.6 is 0 Å². The van der Waals surface area contributed by atoms with Crippen molar-refractivity contribution >= 4 is 5.91 Å². The summed E-state index contributed by atoms with van der Waals surface area (Å²) in [5, 5.41) is 0. The number of piperidine rings is 1. The summed E-state index contributed by atoms with van der Waals surface area (Å²) in [6, 6.07) is 10.6. The van der Waals surface area contributed by atoms with Crippen molar-refractivity contribution in [1.29, 1.82) is 0 Å². The van der Waals surface area contributed by atoms with Gasteiger partial charge in [0.15, 0.2) is 11.5 Å². The third-order valence-electron chi connectivity index (χ3n) is 6.70. The minimum atomic E-state index is -0.219. The molecule has 0 spiro atoms. The molecule has 8 heteroatoms. The molecule has 2 aromatic rings. The first kappa shape index (κ1) is 23.3. The van der Waals surface area contributed by atoms with Crippen molar-refractivity contribution in [2.24, 2.45) is 5.92 Å². The first-order chi connectivity index (χ1) is 16.0. The molecule has 0 bridgehead atoms. The third kappa shape index (κ3) is 5.07. The monoisotopic (exact) mass is 457 g/mol. The van der Waals surface area contributed by atoms with Crippen LogP contribution in [0.5, 0.6) is 17.2 Å². The quantitative estimate of drug-likeness (QED) is 0.666. The van der Waals surface area contributed by atoms with E-state index in [1.54, 1.807) is 33.5 Å². The summed E-state index contributed by atoms with van der Waals surface area (Å²) in [6.07, 6.45) is 2.23. The number of rotatable bonds is 7. The van der Waals surface area contributed by atoms with E-state index in [-0.39, 0.29) is 36.0 Å². The number of hydrazine groups is 1. The van der Waals surface area contributed by atoms with Gasteiger partial charge in [-0.3, -0.25) is 15.6 Å². The van der Waals surface area contributed by atoms with Crippen LogP contribution in [0.4, 0.5) is 4.39 Å². The number of methoxy groups -OCH3 is 3. The van der Waals surface area contributed by atoms with E-state index in [9.17, 15) is 9.18 Å². The molecule has 0 aliphatic carbocycles. The minimum absolute atomic E-state index is 0.0715. The lowest BCUT2D eigenvalue weighted by Crippen LogP contribution is -2.48. The van der Waals surface area contributed by atoms with Gasteiger partial charge in [0.25, 0.3) is 0 Å². The number of benzene rings is 2. The molecule has 0 radical (unpaired) electrons. The van der Waals surface area contributed by atoms with Gasteiger partial charge in [-0.1, -0.05) is 12.1 Å². The van der Waals surface area contributed by atoms with Gasteiger partial charge >= 0.3 is 0 Å². The van der Waals surface area contributed by atoms with Crippen LogP contribution in [0.2, 0.25) is 0 Å². The molecule has 2 fully saturated rings. The Hall–Kier alpha value is -2.84. The molecule has 33 heavy (non-hydrogen) atoms. The van der Waals surface area contributed by atoms with E-state index in [1.807, 2.05) is 23.1 Å². The third-order valence-corrected chi connectivity index (χ3v) is 6.70. The van der Waals surface area contributed by atoms with Crippen molar-refractivity contribution in [3.05, 3.63) is 53.3 Å². The van der Waals surface area contributed by atoms with Gasteiger partial charge < -0.3 is 19.1 Å². The highest BCUT2D eigenvalue weighted by molar-refractivity contribution is 5.79. The van der Waals surface area contributed by atoms with Gasteiger partial charge in [0, 0.05) is 31.6 Å². The highest BCUT2D eigenvalue weighted by Gasteiger charge is 2.37. The molecule has 7 nitrogen and oxygen atoms in total. The molecule has 2 aliphatic heterocycles. The number of hydrogen-bond donors (Lipinski definition) is 2. The summed E-state index contributed by atoms with van der Waals surface area (Å²) >= 11 is 0. The maximum absolute atomic E-state index is 13.8. The van der Waals surface area contributed by atoms with Crippen molar-refractivity contribution in [3.63, 3.8) is 0 Å². The second-order valence-corrected chi connectivity index (χ2v) is 8.66. The van der Waals surface area contributed by atoms with E-state index < -0.39 is 0 Å². The minimum Gasteiger partial charge on any atom is -0.493 e. The number of hydrogen-bond acceptors (Lipinski definition) is 6. The van der Waals surface area contributed by atoms with E-state index in [0.717, 1.165) is 37.1 Å². The van der Waals surface area contributed by atoms with Crippen LogP contribution in [0, 0.1) is 11.7 Å². The standard InChI is InChI=1S/C25H32FN3O4/c1-31-21-10-16(11-22(32-2)25(21)33-3)12-23(30)29-9-5-7-18(15-29)24-20(14-27-28-24)17-6-4-8-19(26)13-17/h4,6,8,10-11,13,18,20,24,27-28H,5,7,9,12,14-15H2,1-3H3. The summed E-state index contributed by atoms with van der Waals surface area (Å²) < 4.78 is 30.0. The zero-order valence-corrected chi connectivity index (χ0v) is 19.4. The maximum atomic E-state index is 13.8. The number of likely N-dealkylation sites (tertiary alicyclic amines) is 1. The number of carbonyl (C=O) groups is 1. The second kappa shape index (κ2) is 10.4. The molecule has 1 amide bonds. The Morgan fingerprint density at radius 3 is 2.55 bits per heavy atom. The van der Waals surface area contributed by atoms with Crippen molar-refractivity contribution < 1.29 is 23.4 Å². The van der Waals surface area contributed by atoms with E-state index in [1.165, 1.54) is 6.07 Å².